The highest BCUT2D eigenvalue weighted by molar-refractivity contribution is 7.09. The predicted octanol–water partition coefficient (Wildman–Crippen LogP) is 1.35. The fourth-order valence-corrected chi connectivity index (χ4v) is 3.85. The summed E-state index contributed by atoms with van der Waals surface area (Å²) in [4.78, 5) is 27.8. The first-order chi connectivity index (χ1) is 10.7. The van der Waals surface area contributed by atoms with E-state index in [1.807, 2.05) is 17.5 Å². The molecule has 0 radical (unpaired) electrons. The van der Waals surface area contributed by atoms with Gasteiger partial charge in [0.1, 0.15) is 12.1 Å². The molecule has 2 aliphatic rings. The van der Waals surface area contributed by atoms with Gasteiger partial charge in [-0.25, -0.2) is 0 Å². The third-order valence-corrected chi connectivity index (χ3v) is 5.09. The molecule has 1 N–H and O–H groups in total. The number of hydrogen-bond acceptors (Lipinski definition) is 4. The van der Waals surface area contributed by atoms with Crippen molar-refractivity contribution in [3.8, 4) is 0 Å². The van der Waals surface area contributed by atoms with Crippen molar-refractivity contribution >= 4 is 23.2 Å². The van der Waals surface area contributed by atoms with Gasteiger partial charge >= 0.3 is 0 Å². The molecule has 1 aromatic heterocycles. The van der Waals surface area contributed by atoms with E-state index in [9.17, 15) is 9.59 Å². The lowest BCUT2D eigenvalue weighted by molar-refractivity contribution is -0.154. The summed E-state index contributed by atoms with van der Waals surface area (Å²) < 4.78 is 5.64. The van der Waals surface area contributed by atoms with E-state index in [4.69, 9.17) is 4.74 Å². The van der Waals surface area contributed by atoms with Crippen LogP contribution in [-0.2, 0) is 20.7 Å². The van der Waals surface area contributed by atoms with Crippen molar-refractivity contribution in [3.05, 3.63) is 35.0 Å². The average Bonchev–Trinajstić information content (AvgIpc) is 3.03. The standard InChI is InChI=1S/C16H20N2O3S/c1-2-7-21-11-5-6-18-14(9-11)15(19)17-13(16(18)20)10-12-4-3-8-22-12/h2-4,8,11,13-14H,1,5-7,9-10H2,(H,17,19)/t11-,13-,14-/m0/s1. The first-order valence-electron chi connectivity index (χ1n) is 7.54. The number of ether oxygens (including phenoxy) is 1. The van der Waals surface area contributed by atoms with E-state index in [-0.39, 0.29) is 17.9 Å². The minimum atomic E-state index is -0.437. The lowest BCUT2D eigenvalue weighted by atomic mass is 9.94. The lowest BCUT2D eigenvalue weighted by Gasteiger charge is -2.43. The summed E-state index contributed by atoms with van der Waals surface area (Å²) in [6.45, 7) is 4.69. The molecule has 0 unspecified atom stereocenters. The molecule has 0 aromatic carbocycles. The van der Waals surface area contributed by atoms with Crippen LogP contribution in [0.2, 0.25) is 0 Å². The minimum absolute atomic E-state index is 0.0200. The molecule has 3 rings (SSSR count). The molecule has 6 heteroatoms. The monoisotopic (exact) mass is 320 g/mol. The summed E-state index contributed by atoms with van der Waals surface area (Å²) in [7, 11) is 0. The highest BCUT2D eigenvalue weighted by Gasteiger charge is 2.43. The zero-order valence-electron chi connectivity index (χ0n) is 12.4. The van der Waals surface area contributed by atoms with Crippen LogP contribution in [0.1, 0.15) is 17.7 Å². The van der Waals surface area contributed by atoms with Crippen molar-refractivity contribution in [1.29, 1.82) is 0 Å². The number of rotatable bonds is 5. The van der Waals surface area contributed by atoms with Gasteiger partial charge in [0.2, 0.25) is 11.8 Å². The van der Waals surface area contributed by atoms with Crippen molar-refractivity contribution in [2.75, 3.05) is 13.2 Å². The number of amides is 2. The first-order valence-corrected chi connectivity index (χ1v) is 8.42. The van der Waals surface area contributed by atoms with Crippen LogP contribution in [0.15, 0.2) is 30.2 Å². The maximum atomic E-state index is 12.6. The molecule has 2 fully saturated rings. The highest BCUT2D eigenvalue weighted by atomic mass is 32.1. The molecule has 2 amide bonds. The number of carbonyl (C=O) groups is 2. The van der Waals surface area contributed by atoms with Gasteiger partial charge < -0.3 is 15.0 Å². The van der Waals surface area contributed by atoms with Gasteiger partial charge in [-0.15, -0.1) is 17.9 Å². The third-order valence-electron chi connectivity index (χ3n) is 4.19. The van der Waals surface area contributed by atoms with E-state index < -0.39 is 12.1 Å². The summed E-state index contributed by atoms with van der Waals surface area (Å²) in [5.41, 5.74) is 0. The molecule has 0 saturated carbocycles. The molecule has 1 aromatic rings. The molecule has 0 spiro atoms. The number of hydrogen-bond donors (Lipinski definition) is 1. The summed E-state index contributed by atoms with van der Waals surface area (Å²) in [6.07, 6.45) is 3.63. The van der Waals surface area contributed by atoms with Gasteiger partial charge in [-0.2, -0.15) is 0 Å². The second-order valence-electron chi connectivity index (χ2n) is 5.66. The Morgan fingerprint density at radius 2 is 2.36 bits per heavy atom. The van der Waals surface area contributed by atoms with E-state index in [0.29, 0.717) is 26.0 Å². The minimum Gasteiger partial charge on any atom is -0.374 e. The number of carbonyl (C=O) groups excluding carboxylic acids is 2. The average molecular weight is 320 g/mol. The molecule has 118 valence electrons. The van der Waals surface area contributed by atoms with E-state index >= 15 is 0 Å². The molecule has 3 atom stereocenters. The van der Waals surface area contributed by atoms with Gasteiger partial charge in [0.15, 0.2) is 0 Å². The Bertz CT molecular complexity index is 558. The summed E-state index contributed by atoms with van der Waals surface area (Å²) in [5, 5.41) is 4.86. The second-order valence-corrected chi connectivity index (χ2v) is 6.69. The van der Waals surface area contributed by atoms with Gasteiger partial charge in [0.05, 0.1) is 12.7 Å². The Balaban J connectivity index is 1.66. The smallest absolute Gasteiger partial charge is 0.246 e. The van der Waals surface area contributed by atoms with Crippen LogP contribution in [0.25, 0.3) is 0 Å². The van der Waals surface area contributed by atoms with Crippen molar-refractivity contribution in [2.45, 2.75) is 37.5 Å². The fourth-order valence-electron chi connectivity index (χ4n) is 3.10. The highest BCUT2D eigenvalue weighted by Crippen LogP contribution is 2.25. The molecule has 3 heterocycles. The summed E-state index contributed by atoms with van der Waals surface area (Å²) in [5.74, 6) is -0.0340. The number of nitrogens with one attached hydrogen (secondary N) is 1. The van der Waals surface area contributed by atoms with Crippen LogP contribution >= 0.6 is 11.3 Å². The van der Waals surface area contributed by atoms with Crippen LogP contribution in [-0.4, -0.2) is 48.1 Å². The van der Waals surface area contributed by atoms with Gasteiger partial charge in [-0.3, -0.25) is 9.59 Å². The Labute approximate surface area is 133 Å². The van der Waals surface area contributed by atoms with Gasteiger partial charge in [-0.05, 0) is 17.9 Å². The Morgan fingerprint density at radius 1 is 1.50 bits per heavy atom. The van der Waals surface area contributed by atoms with Crippen molar-refractivity contribution < 1.29 is 14.3 Å². The van der Waals surface area contributed by atoms with E-state index in [1.54, 1.807) is 22.3 Å². The molecular formula is C16H20N2O3S. The quantitative estimate of drug-likeness (QED) is 0.833. The van der Waals surface area contributed by atoms with Crippen LogP contribution in [0.4, 0.5) is 0 Å². The Morgan fingerprint density at radius 3 is 3.09 bits per heavy atom. The molecular weight excluding hydrogens is 300 g/mol. The largest absolute Gasteiger partial charge is 0.374 e. The second kappa shape index (κ2) is 6.62. The zero-order valence-corrected chi connectivity index (χ0v) is 13.2. The first kappa shape index (κ1) is 15.2. The number of nitrogens with zero attached hydrogens (tertiary/aromatic N) is 1. The van der Waals surface area contributed by atoms with Gasteiger partial charge in [0.25, 0.3) is 0 Å². The van der Waals surface area contributed by atoms with Crippen LogP contribution in [0, 0.1) is 0 Å². The lowest BCUT2D eigenvalue weighted by Crippen LogP contribution is -2.66. The third kappa shape index (κ3) is 3.08. The molecule has 2 saturated heterocycles. The summed E-state index contributed by atoms with van der Waals surface area (Å²) in [6, 6.07) is 3.12. The molecule has 22 heavy (non-hydrogen) atoms. The van der Waals surface area contributed by atoms with Gasteiger partial charge in [0, 0.05) is 24.3 Å². The maximum absolute atomic E-state index is 12.6. The van der Waals surface area contributed by atoms with E-state index in [0.717, 1.165) is 11.3 Å². The maximum Gasteiger partial charge on any atom is 0.246 e. The molecule has 5 nitrogen and oxygen atoms in total. The van der Waals surface area contributed by atoms with Crippen molar-refractivity contribution in [3.63, 3.8) is 0 Å². The number of thiophene rings is 1. The molecule has 0 aliphatic carbocycles. The Kier molecular flexibility index (Phi) is 4.59. The SMILES string of the molecule is C=CCO[C@H]1CCN2C(=O)[C@H](Cc3cccs3)NC(=O)[C@@H]2C1. The van der Waals surface area contributed by atoms with Gasteiger partial charge in [-0.1, -0.05) is 12.1 Å². The van der Waals surface area contributed by atoms with E-state index in [1.165, 1.54) is 0 Å². The van der Waals surface area contributed by atoms with E-state index in [2.05, 4.69) is 11.9 Å². The van der Waals surface area contributed by atoms with Crippen molar-refractivity contribution in [2.24, 2.45) is 0 Å². The normalized spacial score (nSPS) is 28.2. The molecule has 2 aliphatic heterocycles. The van der Waals surface area contributed by atoms with Crippen LogP contribution in [0.3, 0.4) is 0 Å². The number of piperazine rings is 1. The van der Waals surface area contributed by atoms with Crippen LogP contribution < -0.4 is 5.32 Å². The number of fused-ring (bicyclic) bond motifs is 1. The predicted molar refractivity (Wildman–Crippen MR) is 84.6 cm³/mol. The Hall–Kier alpha value is -1.66. The zero-order chi connectivity index (χ0) is 15.5. The fraction of sp³-hybridized carbons (Fsp3) is 0.500. The topological polar surface area (TPSA) is 58.6 Å². The van der Waals surface area contributed by atoms with Crippen molar-refractivity contribution in [1.82, 2.24) is 10.2 Å². The summed E-state index contributed by atoms with van der Waals surface area (Å²) >= 11 is 1.61. The number of piperidine rings is 1. The van der Waals surface area contributed by atoms with Crippen LogP contribution in [0.5, 0.6) is 0 Å². The molecule has 0 bridgehead atoms.